The van der Waals surface area contributed by atoms with Gasteiger partial charge < -0.3 is 9.88 Å². The Hall–Kier alpha value is -3.74. The minimum Gasteiger partial charge on any atom is -0.347 e. The molecule has 0 aliphatic heterocycles. The van der Waals surface area contributed by atoms with E-state index in [4.69, 9.17) is 0 Å². The number of rotatable bonds is 7. The van der Waals surface area contributed by atoms with E-state index in [0.717, 1.165) is 41.9 Å². The third kappa shape index (κ3) is 3.87. The summed E-state index contributed by atoms with van der Waals surface area (Å²) in [7, 11) is 0. The Balaban J connectivity index is 1.31. The first-order valence-electron chi connectivity index (χ1n) is 10.1. The third-order valence-corrected chi connectivity index (χ3v) is 5.25. The molecule has 2 heterocycles. The number of hydrogen-bond donors (Lipinski definition) is 1. The molecule has 7 heteroatoms. The Morgan fingerprint density at radius 3 is 2.67 bits per heavy atom. The number of benzene rings is 2. The van der Waals surface area contributed by atoms with Crippen LogP contribution >= 0.6 is 0 Å². The lowest BCUT2D eigenvalue weighted by molar-refractivity contribution is 0.0944. The molecule has 0 unspecified atom stereocenters. The maximum atomic E-state index is 12.9. The minimum atomic E-state index is -0.181. The van der Waals surface area contributed by atoms with Crippen molar-refractivity contribution in [2.24, 2.45) is 0 Å². The maximum Gasteiger partial charge on any atom is 0.274 e. The summed E-state index contributed by atoms with van der Waals surface area (Å²) in [6, 6.07) is 18.0. The molecule has 0 atom stereocenters. The number of carbonyl (C=O) groups excluding carboxylic acids is 1. The zero-order valence-corrected chi connectivity index (χ0v) is 16.5. The highest BCUT2D eigenvalue weighted by Crippen LogP contribution is 2.41. The second kappa shape index (κ2) is 7.94. The number of imidazole rings is 1. The van der Waals surface area contributed by atoms with E-state index in [1.807, 2.05) is 53.2 Å². The lowest BCUT2D eigenvalue weighted by Crippen LogP contribution is -2.24. The van der Waals surface area contributed by atoms with Gasteiger partial charge in [-0.15, -0.1) is 5.10 Å². The Morgan fingerprint density at radius 1 is 1.07 bits per heavy atom. The van der Waals surface area contributed by atoms with Gasteiger partial charge in [-0.05, 0) is 36.1 Å². The van der Waals surface area contributed by atoms with Gasteiger partial charge in [-0.2, -0.15) is 0 Å². The van der Waals surface area contributed by atoms with Gasteiger partial charge in [-0.3, -0.25) is 4.79 Å². The average molecular weight is 398 g/mol. The maximum absolute atomic E-state index is 12.9. The quantitative estimate of drug-likeness (QED) is 0.518. The smallest absolute Gasteiger partial charge is 0.274 e. The van der Waals surface area contributed by atoms with E-state index in [1.54, 1.807) is 17.2 Å². The van der Waals surface area contributed by atoms with Crippen molar-refractivity contribution in [2.45, 2.75) is 31.8 Å². The normalized spacial score (nSPS) is 13.3. The van der Waals surface area contributed by atoms with Crippen LogP contribution in [-0.4, -0.2) is 30.5 Å². The molecule has 2 aromatic carbocycles. The number of nitrogens with zero attached hydrogens (tertiary/aromatic N) is 5. The lowest BCUT2D eigenvalue weighted by Gasteiger charge is -2.09. The Bertz CT molecular complexity index is 1150. The average Bonchev–Trinajstić information content (AvgIpc) is 3.30. The number of carbonyl (C=O) groups is 1. The predicted molar refractivity (Wildman–Crippen MR) is 112 cm³/mol. The van der Waals surface area contributed by atoms with Crippen molar-refractivity contribution >= 4 is 5.91 Å². The molecule has 2 aromatic heterocycles. The van der Waals surface area contributed by atoms with E-state index in [-0.39, 0.29) is 5.91 Å². The highest BCUT2D eigenvalue weighted by Gasteiger charge is 2.34. The van der Waals surface area contributed by atoms with Crippen LogP contribution in [0.1, 0.15) is 46.1 Å². The summed E-state index contributed by atoms with van der Waals surface area (Å²) in [6.07, 6.45) is 7.63. The van der Waals surface area contributed by atoms with Gasteiger partial charge in [0.05, 0.1) is 17.7 Å². The number of amides is 1. The lowest BCUT2D eigenvalue weighted by atomic mass is 10.1. The van der Waals surface area contributed by atoms with Crippen molar-refractivity contribution in [1.29, 1.82) is 0 Å². The molecule has 4 aromatic rings. The summed E-state index contributed by atoms with van der Waals surface area (Å²) in [6.45, 7) is 1.19. The summed E-state index contributed by atoms with van der Waals surface area (Å²) in [4.78, 5) is 17.0. The first kappa shape index (κ1) is 18.3. The monoisotopic (exact) mass is 398 g/mol. The van der Waals surface area contributed by atoms with Crippen LogP contribution in [0.2, 0.25) is 0 Å². The fourth-order valence-corrected chi connectivity index (χ4v) is 3.63. The number of hydrogen-bond acceptors (Lipinski definition) is 4. The van der Waals surface area contributed by atoms with Crippen molar-refractivity contribution in [3.05, 3.63) is 95.8 Å². The SMILES string of the molecule is O=C(NCc1cccc(Cn2ccnc2)c1)c1nnn(-c2ccccc2)c1C1CC1. The van der Waals surface area contributed by atoms with Crippen LogP contribution in [0.5, 0.6) is 0 Å². The Labute approximate surface area is 174 Å². The molecule has 1 aliphatic rings. The summed E-state index contributed by atoms with van der Waals surface area (Å²) < 4.78 is 3.82. The van der Waals surface area contributed by atoms with Crippen LogP contribution in [0.4, 0.5) is 0 Å². The van der Waals surface area contributed by atoms with Crippen LogP contribution in [0.3, 0.4) is 0 Å². The molecule has 0 saturated heterocycles. The van der Waals surface area contributed by atoms with Crippen molar-refractivity contribution in [3.63, 3.8) is 0 Å². The molecule has 0 bridgehead atoms. The van der Waals surface area contributed by atoms with Gasteiger partial charge >= 0.3 is 0 Å². The largest absolute Gasteiger partial charge is 0.347 e. The van der Waals surface area contributed by atoms with Crippen molar-refractivity contribution in [3.8, 4) is 5.69 Å². The first-order chi connectivity index (χ1) is 14.8. The fourth-order valence-electron chi connectivity index (χ4n) is 3.63. The van der Waals surface area contributed by atoms with Crippen LogP contribution in [0.25, 0.3) is 5.69 Å². The number of aromatic nitrogens is 5. The molecule has 5 rings (SSSR count). The molecular weight excluding hydrogens is 376 g/mol. The molecule has 150 valence electrons. The molecule has 30 heavy (non-hydrogen) atoms. The standard InChI is InChI=1S/C23H22N6O/c30-23(25-14-17-5-4-6-18(13-17)15-28-12-11-24-16-28)21-22(19-9-10-19)29(27-26-21)20-7-2-1-3-8-20/h1-8,11-13,16,19H,9-10,14-15H2,(H,25,30). The van der Waals surface area contributed by atoms with E-state index in [0.29, 0.717) is 18.2 Å². The number of para-hydroxylation sites is 1. The number of nitrogens with one attached hydrogen (secondary N) is 1. The summed E-state index contributed by atoms with van der Waals surface area (Å²) >= 11 is 0. The van der Waals surface area contributed by atoms with E-state index >= 15 is 0 Å². The summed E-state index contributed by atoms with van der Waals surface area (Å²) in [5.41, 5.74) is 4.47. The van der Waals surface area contributed by atoms with E-state index in [9.17, 15) is 4.79 Å². The van der Waals surface area contributed by atoms with Crippen LogP contribution < -0.4 is 5.32 Å². The molecule has 1 saturated carbocycles. The summed E-state index contributed by atoms with van der Waals surface area (Å²) in [5, 5.41) is 11.5. The second-order valence-electron chi connectivity index (χ2n) is 7.58. The molecule has 1 fully saturated rings. The Kier molecular flexibility index (Phi) is 4.85. The molecule has 0 spiro atoms. The van der Waals surface area contributed by atoms with Crippen molar-refractivity contribution in [1.82, 2.24) is 29.9 Å². The van der Waals surface area contributed by atoms with Gasteiger partial charge in [0.1, 0.15) is 0 Å². The van der Waals surface area contributed by atoms with Gasteiger partial charge in [0.2, 0.25) is 0 Å². The van der Waals surface area contributed by atoms with Crippen molar-refractivity contribution < 1.29 is 4.79 Å². The molecule has 7 nitrogen and oxygen atoms in total. The second-order valence-corrected chi connectivity index (χ2v) is 7.58. The van der Waals surface area contributed by atoms with Crippen LogP contribution in [-0.2, 0) is 13.1 Å². The zero-order valence-electron chi connectivity index (χ0n) is 16.5. The highest BCUT2D eigenvalue weighted by molar-refractivity contribution is 5.93. The molecular formula is C23H22N6O. The third-order valence-electron chi connectivity index (χ3n) is 5.25. The van der Waals surface area contributed by atoms with Gasteiger partial charge in [-0.25, -0.2) is 9.67 Å². The molecule has 0 radical (unpaired) electrons. The van der Waals surface area contributed by atoms with Gasteiger partial charge in [0.15, 0.2) is 5.69 Å². The zero-order chi connectivity index (χ0) is 20.3. The van der Waals surface area contributed by atoms with Gasteiger partial charge in [0.25, 0.3) is 5.91 Å². The first-order valence-corrected chi connectivity index (χ1v) is 10.1. The predicted octanol–water partition coefficient (Wildman–Crippen LogP) is 3.32. The van der Waals surface area contributed by atoms with Crippen molar-refractivity contribution in [2.75, 3.05) is 0 Å². The molecule has 1 N–H and O–H groups in total. The van der Waals surface area contributed by atoms with E-state index < -0.39 is 0 Å². The molecule has 1 amide bonds. The fraction of sp³-hybridized carbons (Fsp3) is 0.217. The van der Waals surface area contributed by atoms with Gasteiger partial charge in [0, 0.05) is 31.4 Å². The highest BCUT2D eigenvalue weighted by atomic mass is 16.2. The van der Waals surface area contributed by atoms with E-state index in [1.165, 1.54) is 0 Å². The van der Waals surface area contributed by atoms with Crippen LogP contribution in [0.15, 0.2) is 73.3 Å². The summed E-state index contributed by atoms with van der Waals surface area (Å²) in [5.74, 6) is 0.165. The van der Waals surface area contributed by atoms with Crippen LogP contribution in [0, 0.1) is 0 Å². The topological polar surface area (TPSA) is 77.6 Å². The Morgan fingerprint density at radius 2 is 1.90 bits per heavy atom. The van der Waals surface area contributed by atoms with E-state index in [2.05, 4.69) is 32.7 Å². The van der Waals surface area contributed by atoms with Gasteiger partial charge in [-0.1, -0.05) is 47.7 Å². The minimum absolute atomic E-state index is 0.181. The molecule has 1 aliphatic carbocycles.